The number of thiocyanates is 1. The Bertz CT molecular complexity index is 408. The minimum Gasteiger partial charge on any atom is -0.293 e. The first-order valence-electron chi connectivity index (χ1n) is 4.90. The summed E-state index contributed by atoms with van der Waals surface area (Å²) in [6.45, 7) is 3.87. The van der Waals surface area contributed by atoms with Gasteiger partial charge < -0.3 is 0 Å². The molecule has 0 saturated heterocycles. The zero-order valence-electron chi connectivity index (χ0n) is 9.11. The lowest BCUT2D eigenvalue weighted by Gasteiger charge is -2.15. The van der Waals surface area contributed by atoms with Gasteiger partial charge in [0.15, 0.2) is 5.78 Å². The Morgan fingerprint density at radius 3 is 2.38 bits per heavy atom. The molecule has 0 aromatic heterocycles. The third-order valence-corrected chi connectivity index (χ3v) is 3.54. The quantitative estimate of drug-likeness (QED) is 0.606. The number of rotatable bonds is 4. The van der Waals surface area contributed by atoms with Crippen LogP contribution in [0.5, 0.6) is 0 Å². The lowest BCUT2D eigenvalue weighted by Crippen LogP contribution is -2.22. The van der Waals surface area contributed by atoms with Gasteiger partial charge in [-0.3, -0.25) is 4.79 Å². The molecule has 0 spiro atoms. The number of nitrogens with zero attached hydrogens (tertiary/aromatic N) is 1. The summed E-state index contributed by atoms with van der Waals surface area (Å²) in [5.41, 5.74) is 0.603. The Balaban J connectivity index is 2.91. The molecule has 4 heteroatoms. The predicted octanol–water partition coefficient (Wildman–Crippen LogP) is 3.76. The molecule has 1 aromatic carbocycles. The zero-order chi connectivity index (χ0) is 12.1. The van der Waals surface area contributed by atoms with Gasteiger partial charge in [0.05, 0.1) is 5.25 Å². The van der Waals surface area contributed by atoms with Crippen molar-refractivity contribution in [1.29, 1.82) is 5.26 Å². The lowest BCUT2D eigenvalue weighted by atomic mass is 10.0. The van der Waals surface area contributed by atoms with E-state index in [2.05, 4.69) is 0 Å². The van der Waals surface area contributed by atoms with Crippen molar-refractivity contribution in [3.63, 3.8) is 0 Å². The van der Waals surface area contributed by atoms with Crippen LogP contribution >= 0.6 is 23.4 Å². The van der Waals surface area contributed by atoms with Gasteiger partial charge in [-0.25, -0.2) is 0 Å². The Morgan fingerprint density at radius 1 is 1.38 bits per heavy atom. The molecule has 1 rings (SSSR count). The van der Waals surface area contributed by atoms with Gasteiger partial charge in [0.2, 0.25) is 0 Å². The van der Waals surface area contributed by atoms with Crippen LogP contribution < -0.4 is 0 Å². The van der Waals surface area contributed by atoms with Gasteiger partial charge in [0, 0.05) is 10.6 Å². The molecular formula is C12H12ClNOS. The molecule has 0 heterocycles. The highest BCUT2D eigenvalue weighted by Crippen LogP contribution is 2.23. The van der Waals surface area contributed by atoms with Gasteiger partial charge in [-0.05, 0) is 41.9 Å². The van der Waals surface area contributed by atoms with Crippen molar-refractivity contribution < 1.29 is 4.79 Å². The summed E-state index contributed by atoms with van der Waals surface area (Å²) in [5.74, 6) is 0.117. The molecule has 0 aliphatic rings. The summed E-state index contributed by atoms with van der Waals surface area (Å²) < 4.78 is 0. The molecule has 16 heavy (non-hydrogen) atoms. The maximum absolute atomic E-state index is 12.1. The maximum atomic E-state index is 12.1. The van der Waals surface area contributed by atoms with Crippen LogP contribution in [0, 0.1) is 16.6 Å². The smallest absolute Gasteiger partial charge is 0.177 e. The van der Waals surface area contributed by atoms with E-state index >= 15 is 0 Å². The number of benzene rings is 1. The molecule has 0 aliphatic heterocycles. The fourth-order valence-electron chi connectivity index (χ4n) is 1.33. The predicted molar refractivity (Wildman–Crippen MR) is 67.6 cm³/mol. The first kappa shape index (κ1) is 13.1. The molecule has 0 radical (unpaired) electrons. The first-order chi connectivity index (χ1) is 7.56. The Kier molecular flexibility index (Phi) is 4.85. The van der Waals surface area contributed by atoms with E-state index in [0.717, 1.165) is 11.8 Å². The van der Waals surface area contributed by atoms with Crippen molar-refractivity contribution >= 4 is 29.1 Å². The van der Waals surface area contributed by atoms with Crippen LogP contribution in [0.2, 0.25) is 5.02 Å². The van der Waals surface area contributed by atoms with Crippen LogP contribution in [0.15, 0.2) is 24.3 Å². The first-order valence-corrected chi connectivity index (χ1v) is 6.16. The number of nitriles is 1. The second kappa shape index (κ2) is 5.93. The van der Waals surface area contributed by atoms with Crippen molar-refractivity contribution in [3.8, 4) is 5.40 Å². The van der Waals surface area contributed by atoms with E-state index in [4.69, 9.17) is 16.9 Å². The average Bonchev–Trinajstić information content (AvgIpc) is 2.25. The van der Waals surface area contributed by atoms with Crippen LogP contribution in [0.3, 0.4) is 0 Å². The van der Waals surface area contributed by atoms with E-state index in [1.165, 1.54) is 0 Å². The van der Waals surface area contributed by atoms with Crippen molar-refractivity contribution in [2.75, 3.05) is 0 Å². The fourth-order valence-corrected chi connectivity index (χ4v) is 2.08. The second-order valence-electron chi connectivity index (χ2n) is 3.74. The largest absolute Gasteiger partial charge is 0.293 e. The van der Waals surface area contributed by atoms with E-state index in [1.807, 2.05) is 19.2 Å². The topological polar surface area (TPSA) is 40.9 Å². The molecular weight excluding hydrogens is 242 g/mol. The Hall–Kier alpha value is -0.980. The van der Waals surface area contributed by atoms with Crippen LogP contribution in [0.25, 0.3) is 0 Å². The number of halogens is 1. The third kappa shape index (κ3) is 3.26. The van der Waals surface area contributed by atoms with Crippen LogP contribution in [0.1, 0.15) is 24.2 Å². The van der Waals surface area contributed by atoms with E-state index < -0.39 is 0 Å². The minimum atomic E-state index is -0.314. The number of hydrogen-bond acceptors (Lipinski definition) is 3. The summed E-state index contributed by atoms with van der Waals surface area (Å²) in [5, 5.41) is 10.9. The summed E-state index contributed by atoms with van der Waals surface area (Å²) in [6, 6.07) is 6.75. The van der Waals surface area contributed by atoms with Gasteiger partial charge in [0.1, 0.15) is 5.40 Å². The molecule has 0 fully saturated rings. The molecule has 0 bridgehead atoms. The molecule has 84 valence electrons. The molecule has 1 aromatic rings. The zero-order valence-corrected chi connectivity index (χ0v) is 10.7. The van der Waals surface area contributed by atoms with E-state index in [9.17, 15) is 4.79 Å². The molecule has 0 N–H and O–H groups in total. The lowest BCUT2D eigenvalue weighted by molar-refractivity contribution is 0.0976. The highest BCUT2D eigenvalue weighted by atomic mass is 35.5. The van der Waals surface area contributed by atoms with Crippen LogP contribution in [-0.2, 0) is 0 Å². The molecule has 0 aliphatic carbocycles. The average molecular weight is 254 g/mol. The molecule has 1 atom stereocenters. The number of carbonyl (C=O) groups excluding carboxylic acids is 1. The number of thioether (sulfide) groups is 1. The van der Waals surface area contributed by atoms with Crippen molar-refractivity contribution in [1.82, 2.24) is 0 Å². The Labute approximate surface area is 105 Å². The monoisotopic (exact) mass is 253 g/mol. The highest BCUT2D eigenvalue weighted by Gasteiger charge is 2.24. The molecule has 0 amide bonds. The normalized spacial score (nSPS) is 12.2. The molecule has 0 saturated carbocycles. The van der Waals surface area contributed by atoms with E-state index in [1.54, 1.807) is 24.3 Å². The second-order valence-corrected chi connectivity index (χ2v) is 5.11. The van der Waals surface area contributed by atoms with Gasteiger partial charge in [-0.1, -0.05) is 25.4 Å². The molecule has 1 unspecified atom stereocenters. The summed E-state index contributed by atoms with van der Waals surface area (Å²) >= 11 is 6.77. The van der Waals surface area contributed by atoms with E-state index in [0.29, 0.717) is 10.6 Å². The van der Waals surface area contributed by atoms with Gasteiger partial charge in [0.25, 0.3) is 0 Å². The summed E-state index contributed by atoms with van der Waals surface area (Å²) in [7, 11) is 0. The fraction of sp³-hybridized carbons (Fsp3) is 0.333. The molecule has 2 nitrogen and oxygen atoms in total. The highest BCUT2D eigenvalue weighted by molar-refractivity contribution is 8.05. The number of carbonyl (C=O) groups is 1. The number of ketones is 1. The minimum absolute atomic E-state index is 0.0155. The SMILES string of the molecule is CC(C)C(SC#N)C(=O)c1ccc(Cl)cc1. The maximum Gasteiger partial charge on any atom is 0.177 e. The van der Waals surface area contributed by atoms with Crippen molar-refractivity contribution in [3.05, 3.63) is 34.9 Å². The van der Waals surface area contributed by atoms with Gasteiger partial charge >= 0.3 is 0 Å². The van der Waals surface area contributed by atoms with Gasteiger partial charge in [-0.2, -0.15) is 5.26 Å². The standard InChI is InChI=1S/C12H12ClNOS/c1-8(2)12(16-7-14)11(15)9-3-5-10(13)6-4-9/h3-6,8,12H,1-2H3. The Morgan fingerprint density at radius 2 is 1.94 bits per heavy atom. The summed E-state index contributed by atoms with van der Waals surface area (Å²) in [6.07, 6.45) is 0. The van der Waals surface area contributed by atoms with Crippen LogP contribution in [0.4, 0.5) is 0 Å². The van der Waals surface area contributed by atoms with Crippen LogP contribution in [-0.4, -0.2) is 11.0 Å². The third-order valence-electron chi connectivity index (χ3n) is 2.17. The van der Waals surface area contributed by atoms with Crippen molar-refractivity contribution in [2.45, 2.75) is 19.1 Å². The van der Waals surface area contributed by atoms with Crippen molar-refractivity contribution in [2.24, 2.45) is 5.92 Å². The number of Topliss-reactive ketones (excluding diaryl/α,β-unsaturated/α-hetero) is 1. The van der Waals surface area contributed by atoms with Gasteiger partial charge in [-0.15, -0.1) is 0 Å². The number of hydrogen-bond donors (Lipinski definition) is 0. The van der Waals surface area contributed by atoms with E-state index in [-0.39, 0.29) is 17.0 Å². The summed E-state index contributed by atoms with van der Waals surface area (Å²) in [4.78, 5) is 12.1.